The molecule has 0 saturated heterocycles. The summed E-state index contributed by atoms with van der Waals surface area (Å²) in [7, 11) is 1.46. The molecular formula is C15H22N2O2S. The van der Waals surface area contributed by atoms with E-state index in [0.29, 0.717) is 6.42 Å². The van der Waals surface area contributed by atoms with E-state index < -0.39 is 0 Å². The zero-order chi connectivity index (χ0) is 14.4. The van der Waals surface area contributed by atoms with E-state index in [1.807, 2.05) is 30.0 Å². The summed E-state index contributed by atoms with van der Waals surface area (Å²) in [5.41, 5.74) is 1.28. The number of nitrogens with zero attached hydrogens (tertiary/aromatic N) is 1. The van der Waals surface area contributed by atoms with E-state index in [1.165, 1.54) is 7.11 Å². The minimum absolute atomic E-state index is 0.0876. The molecule has 0 radical (unpaired) electrons. The summed E-state index contributed by atoms with van der Waals surface area (Å²) in [5.74, 6) is 2.74. The quantitative estimate of drug-likeness (QED) is 0.747. The van der Waals surface area contributed by atoms with Gasteiger partial charge in [-0.15, -0.1) is 0 Å². The van der Waals surface area contributed by atoms with Crippen LogP contribution in [0, 0.1) is 5.41 Å². The number of esters is 1. The van der Waals surface area contributed by atoms with E-state index in [2.05, 4.69) is 17.2 Å². The van der Waals surface area contributed by atoms with Gasteiger partial charge in [-0.1, -0.05) is 6.07 Å². The Morgan fingerprint density at radius 3 is 2.95 bits per heavy atom. The number of carbonyl (C=O) groups excluding carboxylic acids is 1. The van der Waals surface area contributed by atoms with Gasteiger partial charge in [0.1, 0.15) is 5.82 Å². The molecule has 20 heavy (non-hydrogen) atoms. The topological polar surface area (TPSA) is 51.2 Å². The van der Waals surface area contributed by atoms with Crippen LogP contribution in [0.25, 0.3) is 0 Å². The van der Waals surface area contributed by atoms with Crippen molar-refractivity contribution in [3.8, 4) is 0 Å². The molecule has 0 amide bonds. The van der Waals surface area contributed by atoms with Crippen LogP contribution in [-0.4, -0.2) is 30.4 Å². The monoisotopic (exact) mass is 294 g/mol. The number of hydrogen-bond acceptors (Lipinski definition) is 5. The van der Waals surface area contributed by atoms with Crippen molar-refractivity contribution in [3.63, 3.8) is 0 Å². The Morgan fingerprint density at radius 1 is 1.50 bits per heavy atom. The Balaban J connectivity index is 1.78. The highest BCUT2D eigenvalue weighted by atomic mass is 32.2. The number of rotatable bonds is 8. The van der Waals surface area contributed by atoms with E-state index in [1.54, 1.807) is 0 Å². The van der Waals surface area contributed by atoms with Gasteiger partial charge < -0.3 is 10.1 Å². The fourth-order valence-electron chi connectivity index (χ4n) is 2.14. The van der Waals surface area contributed by atoms with Crippen molar-refractivity contribution in [2.45, 2.75) is 31.9 Å². The Morgan fingerprint density at radius 2 is 2.30 bits per heavy atom. The lowest BCUT2D eigenvalue weighted by Crippen LogP contribution is -2.13. The molecule has 0 aromatic carbocycles. The first-order chi connectivity index (χ1) is 9.67. The molecule has 0 atom stereocenters. The Labute approximate surface area is 124 Å². The maximum Gasteiger partial charge on any atom is 0.306 e. The highest BCUT2D eigenvalue weighted by Gasteiger charge is 2.44. The zero-order valence-corrected chi connectivity index (χ0v) is 13.0. The molecule has 1 aromatic heterocycles. The SMILES string of the molecule is CCNc1cccc(CSCC2(CC(=O)OC)CC2)n1. The summed E-state index contributed by atoms with van der Waals surface area (Å²) in [4.78, 5) is 15.9. The molecule has 0 unspecified atom stereocenters. The molecule has 1 heterocycles. The number of aromatic nitrogens is 1. The fraction of sp³-hybridized carbons (Fsp3) is 0.600. The van der Waals surface area contributed by atoms with Crippen molar-refractivity contribution in [1.29, 1.82) is 0 Å². The van der Waals surface area contributed by atoms with E-state index in [-0.39, 0.29) is 11.4 Å². The number of nitrogens with one attached hydrogen (secondary N) is 1. The first-order valence-electron chi connectivity index (χ1n) is 7.02. The lowest BCUT2D eigenvalue weighted by Gasteiger charge is -2.13. The van der Waals surface area contributed by atoms with E-state index >= 15 is 0 Å². The van der Waals surface area contributed by atoms with Crippen molar-refractivity contribution < 1.29 is 9.53 Å². The Hall–Kier alpha value is -1.23. The number of anilines is 1. The minimum Gasteiger partial charge on any atom is -0.469 e. The highest BCUT2D eigenvalue weighted by Crippen LogP contribution is 2.51. The number of hydrogen-bond donors (Lipinski definition) is 1. The molecule has 1 aliphatic rings. The minimum atomic E-state index is -0.0876. The summed E-state index contributed by atoms with van der Waals surface area (Å²) >= 11 is 1.86. The number of pyridine rings is 1. The number of thioether (sulfide) groups is 1. The van der Waals surface area contributed by atoms with E-state index in [9.17, 15) is 4.79 Å². The number of methoxy groups -OCH3 is 1. The molecule has 2 rings (SSSR count). The van der Waals surface area contributed by atoms with Gasteiger partial charge in [-0.2, -0.15) is 11.8 Å². The van der Waals surface area contributed by atoms with Crippen LogP contribution in [-0.2, 0) is 15.3 Å². The molecule has 0 aliphatic heterocycles. The lowest BCUT2D eigenvalue weighted by atomic mass is 10.1. The maximum atomic E-state index is 11.4. The second-order valence-corrected chi connectivity index (χ2v) is 6.28. The van der Waals surface area contributed by atoms with Gasteiger partial charge in [0.05, 0.1) is 19.2 Å². The molecule has 4 nitrogen and oxygen atoms in total. The van der Waals surface area contributed by atoms with Crippen LogP contribution in [0.3, 0.4) is 0 Å². The summed E-state index contributed by atoms with van der Waals surface area (Å²) in [6.45, 7) is 2.94. The summed E-state index contributed by atoms with van der Waals surface area (Å²) in [6.07, 6.45) is 2.83. The van der Waals surface area contributed by atoms with E-state index in [4.69, 9.17) is 4.74 Å². The third kappa shape index (κ3) is 4.40. The van der Waals surface area contributed by atoms with Crippen molar-refractivity contribution in [2.75, 3.05) is 24.7 Å². The van der Waals surface area contributed by atoms with Crippen molar-refractivity contribution in [1.82, 2.24) is 4.98 Å². The molecule has 1 N–H and O–H groups in total. The molecule has 5 heteroatoms. The molecule has 0 bridgehead atoms. The summed E-state index contributed by atoms with van der Waals surface area (Å²) in [5, 5.41) is 3.22. The molecular weight excluding hydrogens is 272 g/mol. The van der Waals surface area contributed by atoms with Crippen molar-refractivity contribution >= 4 is 23.5 Å². The van der Waals surface area contributed by atoms with Crippen LogP contribution in [0.1, 0.15) is 31.9 Å². The molecule has 1 aromatic rings. The second-order valence-electron chi connectivity index (χ2n) is 5.29. The highest BCUT2D eigenvalue weighted by molar-refractivity contribution is 7.98. The van der Waals surface area contributed by atoms with Crippen LogP contribution >= 0.6 is 11.8 Å². The maximum absolute atomic E-state index is 11.4. The average molecular weight is 294 g/mol. The first-order valence-corrected chi connectivity index (χ1v) is 8.17. The number of carbonyl (C=O) groups is 1. The fourth-order valence-corrected chi connectivity index (χ4v) is 3.43. The third-order valence-electron chi connectivity index (χ3n) is 3.53. The molecule has 0 spiro atoms. The van der Waals surface area contributed by atoms with Gasteiger partial charge in [-0.3, -0.25) is 4.79 Å². The zero-order valence-electron chi connectivity index (χ0n) is 12.1. The summed E-state index contributed by atoms with van der Waals surface area (Å²) < 4.78 is 4.76. The van der Waals surface area contributed by atoms with Crippen LogP contribution in [0.15, 0.2) is 18.2 Å². The van der Waals surface area contributed by atoms with Crippen molar-refractivity contribution in [3.05, 3.63) is 23.9 Å². The molecule has 1 saturated carbocycles. The summed E-state index contributed by atoms with van der Waals surface area (Å²) in [6, 6.07) is 6.06. The van der Waals surface area contributed by atoms with E-state index in [0.717, 1.165) is 42.4 Å². The smallest absolute Gasteiger partial charge is 0.306 e. The predicted molar refractivity (Wildman–Crippen MR) is 82.9 cm³/mol. The van der Waals surface area contributed by atoms with Gasteiger partial charge >= 0.3 is 5.97 Å². The predicted octanol–water partition coefficient (Wildman–Crippen LogP) is 3.09. The standard InChI is InChI=1S/C15H22N2O2S/c1-3-16-13-6-4-5-12(17-13)10-20-11-15(7-8-15)9-14(18)19-2/h4-6H,3,7-11H2,1-2H3,(H,16,17). The van der Waals surface area contributed by atoms with Gasteiger partial charge in [0.2, 0.25) is 0 Å². The second kappa shape index (κ2) is 6.97. The lowest BCUT2D eigenvalue weighted by molar-refractivity contribution is -0.141. The average Bonchev–Trinajstić information content (AvgIpc) is 3.19. The van der Waals surface area contributed by atoms with Gasteiger partial charge in [-0.25, -0.2) is 4.98 Å². The molecule has 110 valence electrons. The number of ether oxygens (including phenoxy) is 1. The first kappa shape index (κ1) is 15.2. The van der Waals surface area contributed by atoms with Crippen molar-refractivity contribution in [2.24, 2.45) is 5.41 Å². The molecule has 1 aliphatic carbocycles. The third-order valence-corrected chi connectivity index (χ3v) is 4.84. The molecule has 1 fully saturated rings. The Bertz CT molecular complexity index is 461. The van der Waals surface area contributed by atoms with Gasteiger partial charge in [-0.05, 0) is 43.1 Å². The van der Waals surface area contributed by atoms with Crippen LogP contribution in [0.2, 0.25) is 0 Å². The van der Waals surface area contributed by atoms with Gasteiger partial charge in [0, 0.05) is 12.3 Å². The largest absolute Gasteiger partial charge is 0.469 e. The van der Waals surface area contributed by atoms with Crippen LogP contribution < -0.4 is 5.32 Å². The van der Waals surface area contributed by atoms with Gasteiger partial charge in [0.25, 0.3) is 0 Å². The Kier molecular flexibility index (Phi) is 5.29. The van der Waals surface area contributed by atoms with Crippen LogP contribution in [0.5, 0.6) is 0 Å². The normalized spacial score (nSPS) is 15.7. The van der Waals surface area contributed by atoms with Gasteiger partial charge in [0.15, 0.2) is 0 Å². The van der Waals surface area contributed by atoms with Crippen LogP contribution in [0.4, 0.5) is 5.82 Å².